The molecule has 0 amide bonds. The number of hydrogen-bond acceptors (Lipinski definition) is 2. The Balaban J connectivity index is 2.30. The summed E-state index contributed by atoms with van der Waals surface area (Å²) in [5, 5.41) is 0. The molecule has 0 heterocycles. The molecular formula is C15H12F2O2. The van der Waals surface area contributed by atoms with E-state index < -0.39 is 11.6 Å². The molecule has 0 aliphatic carbocycles. The van der Waals surface area contributed by atoms with E-state index in [0.29, 0.717) is 0 Å². The summed E-state index contributed by atoms with van der Waals surface area (Å²) in [6.45, 7) is 0. The Labute approximate surface area is 109 Å². The highest BCUT2D eigenvalue weighted by molar-refractivity contribution is 6.00. The van der Waals surface area contributed by atoms with Gasteiger partial charge >= 0.3 is 0 Å². The number of methoxy groups -OCH3 is 1. The van der Waals surface area contributed by atoms with Crippen LogP contribution in [0.5, 0.6) is 5.75 Å². The molecular weight excluding hydrogens is 250 g/mol. The van der Waals surface area contributed by atoms with Crippen LogP contribution in [0.4, 0.5) is 8.78 Å². The zero-order valence-electron chi connectivity index (χ0n) is 10.3. The molecule has 2 rings (SSSR count). The van der Waals surface area contributed by atoms with E-state index in [0.717, 1.165) is 6.07 Å². The molecule has 0 fully saturated rings. The first-order valence-electron chi connectivity index (χ1n) is 5.72. The normalized spacial score (nSPS) is 10.3. The smallest absolute Gasteiger partial charge is 0.171 e. The van der Waals surface area contributed by atoms with Gasteiger partial charge < -0.3 is 4.74 Å². The van der Waals surface area contributed by atoms with Gasteiger partial charge in [-0.15, -0.1) is 0 Å². The van der Waals surface area contributed by atoms with Gasteiger partial charge in [0, 0.05) is 6.42 Å². The van der Waals surface area contributed by atoms with Crippen LogP contribution in [0, 0.1) is 11.6 Å². The maximum absolute atomic E-state index is 13.5. The summed E-state index contributed by atoms with van der Waals surface area (Å²) >= 11 is 0. The van der Waals surface area contributed by atoms with Crippen molar-refractivity contribution >= 4 is 5.78 Å². The third kappa shape index (κ3) is 2.96. The summed E-state index contributed by atoms with van der Waals surface area (Å²) in [4.78, 5) is 12.1. The van der Waals surface area contributed by atoms with Gasteiger partial charge in [-0.1, -0.05) is 18.2 Å². The van der Waals surface area contributed by atoms with E-state index in [1.807, 2.05) is 0 Å². The average Bonchev–Trinajstić information content (AvgIpc) is 2.41. The minimum absolute atomic E-state index is 0.116. The van der Waals surface area contributed by atoms with Crippen molar-refractivity contribution in [3.63, 3.8) is 0 Å². The zero-order chi connectivity index (χ0) is 13.8. The highest BCUT2D eigenvalue weighted by Crippen LogP contribution is 2.21. The van der Waals surface area contributed by atoms with Crippen molar-refractivity contribution in [3.8, 4) is 5.75 Å². The maximum Gasteiger partial charge on any atom is 0.171 e. The van der Waals surface area contributed by atoms with Crippen LogP contribution < -0.4 is 4.74 Å². The second-order valence-corrected chi connectivity index (χ2v) is 4.04. The molecule has 4 heteroatoms. The molecule has 19 heavy (non-hydrogen) atoms. The summed E-state index contributed by atoms with van der Waals surface area (Å²) in [6, 6.07) is 9.69. The van der Waals surface area contributed by atoms with Gasteiger partial charge in [-0.05, 0) is 29.8 Å². The van der Waals surface area contributed by atoms with Gasteiger partial charge in [0.2, 0.25) is 0 Å². The Kier molecular flexibility index (Phi) is 3.90. The lowest BCUT2D eigenvalue weighted by molar-refractivity contribution is 0.0988. The van der Waals surface area contributed by atoms with Crippen LogP contribution in [0.2, 0.25) is 0 Å². The molecule has 0 unspecified atom stereocenters. The fourth-order valence-electron chi connectivity index (χ4n) is 1.81. The number of halogens is 2. The van der Waals surface area contributed by atoms with Crippen molar-refractivity contribution in [3.05, 3.63) is 65.2 Å². The third-order valence-electron chi connectivity index (χ3n) is 2.77. The van der Waals surface area contributed by atoms with Gasteiger partial charge in [0.05, 0.1) is 12.7 Å². The Hall–Kier alpha value is -2.23. The molecule has 0 saturated carbocycles. The van der Waals surface area contributed by atoms with Crippen LogP contribution in [0.15, 0.2) is 42.5 Å². The van der Waals surface area contributed by atoms with Gasteiger partial charge in [0.1, 0.15) is 17.4 Å². The Morgan fingerprint density at radius 2 is 1.89 bits per heavy atom. The van der Waals surface area contributed by atoms with Crippen LogP contribution >= 0.6 is 0 Å². The molecule has 0 radical (unpaired) electrons. The van der Waals surface area contributed by atoms with E-state index in [4.69, 9.17) is 4.74 Å². The number of hydrogen-bond donors (Lipinski definition) is 0. The molecule has 0 aliphatic heterocycles. The summed E-state index contributed by atoms with van der Waals surface area (Å²) < 4.78 is 31.7. The van der Waals surface area contributed by atoms with Crippen LogP contribution in [0.25, 0.3) is 0 Å². The van der Waals surface area contributed by atoms with Crippen LogP contribution in [0.3, 0.4) is 0 Å². The molecule has 2 aromatic rings. The van der Waals surface area contributed by atoms with Crippen molar-refractivity contribution in [2.24, 2.45) is 0 Å². The van der Waals surface area contributed by atoms with Gasteiger partial charge in [0.15, 0.2) is 5.78 Å². The predicted molar refractivity (Wildman–Crippen MR) is 67.4 cm³/mol. The third-order valence-corrected chi connectivity index (χ3v) is 2.77. The second-order valence-electron chi connectivity index (χ2n) is 4.04. The minimum Gasteiger partial charge on any atom is -0.496 e. The largest absolute Gasteiger partial charge is 0.496 e. The van der Waals surface area contributed by atoms with Crippen molar-refractivity contribution in [2.75, 3.05) is 7.11 Å². The number of Topliss-reactive ketones (excluding diaryl/α,β-unsaturated/α-hetero) is 1. The second kappa shape index (κ2) is 5.61. The molecule has 0 aromatic heterocycles. The minimum atomic E-state index is -0.530. The lowest BCUT2D eigenvalue weighted by Gasteiger charge is -2.08. The molecule has 2 nitrogen and oxygen atoms in total. The van der Waals surface area contributed by atoms with Gasteiger partial charge in [-0.3, -0.25) is 4.79 Å². The lowest BCUT2D eigenvalue weighted by Crippen LogP contribution is -2.07. The predicted octanol–water partition coefficient (Wildman–Crippen LogP) is 3.40. The maximum atomic E-state index is 13.5. The Morgan fingerprint density at radius 1 is 1.16 bits per heavy atom. The number of ether oxygens (including phenoxy) is 1. The first-order valence-corrected chi connectivity index (χ1v) is 5.72. The molecule has 0 saturated heterocycles. The molecule has 0 bridgehead atoms. The van der Waals surface area contributed by atoms with E-state index in [9.17, 15) is 13.6 Å². The fourth-order valence-corrected chi connectivity index (χ4v) is 1.81. The topological polar surface area (TPSA) is 26.3 Å². The standard InChI is InChI=1S/C15H12F2O2/c1-19-15-7-6-11(16)9-12(15)14(18)8-10-4-2-3-5-13(10)17/h2-7,9H,8H2,1H3. The van der Waals surface area contributed by atoms with E-state index in [1.165, 1.54) is 31.4 Å². The number of ketones is 1. The molecule has 0 N–H and O–H groups in total. The Morgan fingerprint density at radius 3 is 2.58 bits per heavy atom. The SMILES string of the molecule is COc1ccc(F)cc1C(=O)Cc1ccccc1F. The molecule has 0 spiro atoms. The number of carbonyl (C=O) groups excluding carboxylic acids is 1. The number of rotatable bonds is 4. The number of benzene rings is 2. The highest BCUT2D eigenvalue weighted by Gasteiger charge is 2.15. The van der Waals surface area contributed by atoms with E-state index in [2.05, 4.69) is 0 Å². The van der Waals surface area contributed by atoms with Crippen molar-refractivity contribution in [2.45, 2.75) is 6.42 Å². The van der Waals surface area contributed by atoms with Crippen molar-refractivity contribution in [1.29, 1.82) is 0 Å². The van der Waals surface area contributed by atoms with Crippen LogP contribution in [-0.4, -0.2) is 12.9 Å². The fraction of sp³-hybridized carbons (Fsp3) is 0.133. The quantitative estimate of drug-likeness (QED) is 0.789. The van der Waals surface area contributed by atoms with Crippen molar-refractivity contribution < 1.29 is 18.3 Å². The zero-order valence-corrected chi connectivity index (χ0v) is 10.3. The first-order chi connectivity index (χ1) is 9.11. The van der Waals surface area contributed by atoms with E-state index >= 15 is 0 Å². The Bertz CT molecular complexity index is 609. The lowest BCUT2D eigenvalue weighted by atomic mass is 10.0. The van der Waals surface area contributed by atoms with Crippen LogP contribution in [0.1, 0.15) is 15.9 Å². The summed E-state index contributed by atoms with van der Waals surface area (Å²) in [6.07, 6.45) is -0.132. The summed E-state index contributed by atoms with van der Waals surface area (Å²) in [5.41, 5.74) is 0.393. The molecule has 0 atom stereocenters. The summed E-state index contributed by atoms with van der Waals surface area (Å²) in [7, 11) is 1.40. The van der Waals surface area contributed by atoms with Gasteiger partial charge in [0.25, 0.3) is 0 Å². The summed E-state index contributed by atoms with van der Waals surface area (Å²) in [5.74, 6) is -1.09. The van der Waals surface area contributed by atoms with Crippen LogP contribution in [-0.2, 0) is 6.42 Å². The van der Waals surface area contributed by atoms with E-state index in [1.54, 1.807) is 12.1 Å². The number of carbonyl (C=O) groups is 1. The average molecular weight is 262 g/mol. The highest BCUT2D eigenvalue weighted by atomic mass is 19.1. The van der Waals surface area contributed by atoms with E-state index in [-0.39, 0.29) is 29.1 Å². The monoisotopic (exact) mass is 262 g/mol. The van der Waals surface area contributed by atoms with Gasteiger partial charge in [-0.2, -0.15) is 0 Å². The molecule has 98 valence electrons. The first kappa shape index (κ1) is 13.2. The molecule has 2 aromatic carbocycles. The van der Waals surface area contributed by atoms with Crippen molar-refractivity contribution in [1.82, 2.24) is 0 Å². The van der Waals surface area contributed by atoms with Gasteiger partial charge in [-0.25, -0.2) is 8.78 Å². The molecule has 0 aliphatic rings.